The van der Waals surface area contributed by atoms with Crippen molar-refractivity contribution >= 4 is 23.1 Å². The largest absolute Gasteiger partial charge is 0.476 e. The number of carboxylic acids is 1. The van der Waals surface area contributed by atoms with Crippen molar-refractivity contribution in [3.05, 3.63) is 16.1 Å². The summed E-state index contributed by atoms with van der Waals surface area (Å²) in [6, 6.07) is 0. The first kappa shape index (κ1) is 9.85. The van der Waals surface area contributed by atoms with E-state index < -0.39 is 5.97 Å². The number of aromatic nitrogens is 1. The summed E-state index contributed by atoms with van der Waals surface area (Å²) in [5, 5.41) is 10.2. The summed E-state index contributed by atoms with van der Waals surface area (Å²) in [7, 11) is 0. The Bertz CT molecular complexity index is 332. The molecule has 4 nitrogen and oxygen atoms in total. The second kappa shape index (κ2) is 4.13. The quantitative estimate of drug-likeness (QED) is 0.751. The standard InChI is InChI=1S/C8H9NO3S/c1-2-3-6(10)7-9-5(4-13-7)8(11)12/h4H,2-3H2,1H3,(H,11,12). The van der Waals surface area contributed by atoms with Crippen LogP contribution in [0.4, 0.5) is 0 Å². The Morgan fingerprint density at radius 2 is 2.31 bits per heavy atom. The molecule has 0 fully saturated rings. The minimum Gasteiger partial charge on any atom is -0.476 e. The molecular weight excluding hydrogens is 190 g/mol. The summed E-state index contributed by atoms with van der Waals surface area (Å²) in [5.41, 5.74) is -0.0514. The fraction of sp³-hybridized carbons (Fsp3) is 0.375. The van der Waals surface area contributed by atoms with Crippen LogP contribution in [0.25, 0.3) is 0 Å². The highest BCUT2D eigenvalue weighted by Crippen LogP contribution is 2.12. The van der Waals surface area contributed by atoms with Crippen molar-refractivity contribution in [3.63, 3.8) is 0 Å². The van der Waals surface area contributed by atoms with Crippen molar-refractivity contribution in [3.8, 4) is 0 Å². The maximum absolute atomic E-state index is 11.2. The Morgan fingerprint density at radius 3 is 2.77 bits per heavy atom. The molecule has 1 aromatic rings. The van der Waals surface area contributed by atoms with Crippen molar-refractivity contribution in [2.24, 2.45) is 0 Å². The first-order valence-corrected chi connectivity index (χ1v) is 4.75. The van der Waals surface area contributed by atoms with Gasteiger partial charge in [-0.3, -0.25) is 4.79 Å². The Morgan fingerprint density at radius 1 is 1.62 bits per heavy atom. The molecule has 1 aromatic heterocycles. The SMILES string of the molecule is CCCC(=O)c1nc(C(=O)O)cs1. The highest BCUT2D eigenvalue weighted by Gasteiger charge is 2.13. The summed E-state index contributed by atoms with van der Waals surface area (Å²) < 4.78 is 0. The lowest BCUT2D eigenvalue weighted by atomic mass is 10.2. The minimum absolute atomic E-state index is 0.0514. The van der Waals surface area contributed by atoms with Crippen LogP contribution >= 0.6 is 11.3 Å². The molecule has 0 bridgehead atoms. The molecular formula is C8H9NO3S. The Kier molecular flexibility index (Phi) is 3.13. The molecule has 0 saturated carbocycles. The second-order valence-electron chi connectivity index (χ2n) is 2.52. The lowest BCUT2D eigenvalue weighted by molar-refractivity contribution is 0.0691. The van der Waals surface area contributed by atoms with Crippen LogP contribution in [0.15, 0.2) is 5.38 Å². The van der Waals surface area contributed by atoms with E-state index in [4.69, 9.17) is 5.11 Å². The number of Topliss-reactive ketones (excluding diaryl/α,β-unsaturated/α-hetero) is 1. The highest BCUT2D eigenvalue weighted by atomic mass is 32.1. The number of ketones is 1. The zero-order chi connectivity index (χ0) is 9.84. The van der Waals surface area contributed by atoms with E-state index in [9.17, 15) is 9.59 Å². The monoisotopic (exact) mass is 199 g/mol. The van der Waals surface area contributed by atoms with Crippen molar-refractivity contribution in [1.29, 1.82) is 0 Å². The van der Waals surface area contributed by atoms with Gasteiger partial charge in [0.1, 0.15) is 0 Å². The van der Waals surface area contributed by atoms with Gasteiger partial charge in [-0.1, -0.05) is 6.92 Å². The zero-order valence-electron chi connectivity index (χ0n) is 7.11. The molecule has 0 amide bonds. The molecule has 13 heavy (non-hydrogen) atoms. The first-order chi connectivity index (χ1) is 6.15. The number of carbonyl (C=O) groups excluding carboxylic acids is 1. The summed E-state index contributed by atoms with van der Waals surface area (Å²) >= 11 is 1.08. The van der Waals surface area contributed by atoms with Gasteiger partial charge >= 0.3 is 5.97 Å². The minimum atomic E-state index is -1.09. The van der Waals surface area contributed by atoms with Crippen molar-refractivity contribution in [1.82, 2.24) is 4.98 Å². The number of nitrogens with zero attached hydrogens (tertiary/aromatic N) is 1. The van der Waals surface area contributed by atoms with Gasteiger partial charge in [-0.2, -0.15) is 0 Å². The van der Waals surface area contributed by atoms with Crippen LogP contribution in [-0.2, 0) is 0 Å². The van der Waals surface area contributed by atoms with Gasteiger partial charge in [0, 0.05) is 11.8 Å². The second-order valence-corrected chi connectivity index (χ2v) is 3.37. The fourth-order valence-electron chi connectivity index (χ4n) is 0.834. The summed E-state index contributed by atoms with van der Waals surface area (Å²) in [6.07, 6.45) is 1.17. The van der Waals surface area contributed by atoms with Gasteiger partial charge in [0.05, 0.1) is 0 Å². The van der Waals surface area contributed by atoms with Gasteiger partial charge in [0.25, 0.3) is 0 Å². The topological polar surface area (TPSA) is 67.3 Å². The van der Waals surface area contributed by atoms with E-state index in [1.54, 1.807) is 0 Å². The Hall–Kier alpha value is -1.23. The lowest BCUT2D eigenvalue weighted by Gasteiger charge is -1.90. The van der Waals surface area contributed by atoms with Crippen LogP contribution in [0.5, 0.6) is 0 Å². The van der Waals surface area contributed by atoms with Gasteiger partial charge in [0.2, 0.25) is 0 Å². The third kappa shape index (κ3) is 2.35. The highest BCUT2D eigenvalue weighted by molar-refractivity contribution is 7.11. The smallest absolute Gasteiger partial charge is 0.355 e. The van der Waals surface area contributed by atoms with Crippen LogP contribution in [0.1, 0.15) is 40.1 Å². The molecule has 0 unspecified atom stereocenters. The predicted molar refractivity (Wildman–Crippen MR) is 48.3 cm³/mol. The number of hydrogen-bond acceptors (Lipinski definition) is 4. The van der Waals surface area contributed by atoms with Crippen LogP contribution in [0.2, 0.25) is 0 Å². The van der Waals surface area contributed by atoms with Crippen molar-refractivity contribution in [2.75, 3.05) is 0 Å². The maximum Gasteiger partial charge on any atom is 0.355 e. The van der Waals surface area contributed by atoms with Crippen LogP contribution < -0.4 is 0 Å². The molecule has 0 aliphatic heterocycles. The fourth-order valence-corrected chi connectivity index (χ4v) is 1.60. The van der Waals surface area contributed by atoms with Crippen molar-refractivity contribution < 1.29 is 14.7 Å². The maximum atomic E-state index is 11.2. The average Bonchev–Trinajstić information content (AvgIpc) is 2.52. The molecule has 0 spiro atoms. The molecule has 5 heteroatoms. The number of carboxylic acid groups (broad SMARTS) is 1. The first-order valence-electron chi connectivity index (χ1n) is 3.87. The molecule has 1 heterocycles. The normalized spacial score (nSPS) is 9.92. The molecule has 0 aromatic carbocycles. The molecule has 0 aliphatic rings. The third-order valence-corrected chi connectivity index (χ3v) is 2.32. The van der Waals surface area contributed by atoms with Gasteiger partial charge in [-0.25, -0.2) is 9.78 Å². The number of rotatable bonds is 4. The van der Waals surface area contributed by atoms with Gasteiger partial charge in [0.15, 0.2) is 16.5 Å². The van der Waals surface area contributed by atoms with Crippen molar-refractivity contribution in [2.45, 2.75) is 19.8 Å². The summed E-state index contributed by atoms with van der Waals surface area (Å²) in [4.78, 5) is 25.4. The van der Waals surface area contributed by atoms with Crippen LogP contribution in [-0.4, -0.2) is 21.8 Å². The number of aromatic carboxylic acids is 1. The molecule has 0 radical (unpaired) electrons. The van der Waals surface area contributed by atoms with Crippen LogP contribution in [0, 0.1) is 0 Å². The molecule has 0 atom stereocenters. The van der Waals surface area contributed by atoms with Crippen LogP contribution in [0.3, 0.4) is 0 Å². The lowest BCUT2D eigenvalue weighted by Crippen LogP contribution is -2.00. The molecule has 1 N–H and O–H groups in total. The molecule has 0 aliphatic carbocycles. The van der Waals surface area contributed by atoms with Gasteiger partial charge < -0.3 is 5.11 Å². The molecule has 70 valence electrons. The molecule has 1 rings (SSSR count). The number of hydrogen-bond donors (Lipinski definition) is 1. The Labute approximate surface area is 79.2 Å². The number of carbonyl (C=O) groups is 2. The van der Waals surface area contributed by atoms with E-state index >= 15 is 0 Å². The third-order valence-electron chi connectivity index (χ3n) is 1.44. The molecule has 0 saturated heterocycles. The van der Waals surface area contributed by atoms with Gasteiger partial charge in [-0.05, 0) is 6.42 Å². The van der Waals surface area contributed by atoms with E-state index in [0.29, 0.717) is 11.4 Å². The Balaban J connectivity index is 2.79. The predicted octanol–water partition coefficient (Wildman–Crippen LogP) is 1.82. The van der Waals surface area contributed by atoms with E-state index in [2.05, 4.69) is 4.98 Å². The average molecular weight is 199 g/mol. The van der Waals surface area contributed by atoms with E-state index in [1.165, 1.54) is 5.38 Å². The summed E-state index contributed by atoms with van der Waals surface area (Å²) in [5.74, 6) is -1.17. The van der Waals surface area contributed by atoms with E-state index in [1.807, 2.05) is 6.92 Å². The summed E-state index contributed by atoms with van der Waals surface area (Å²) in [6.45, 7) is 1.89. The van der Waals surface area contributed by atoms with Gasteiger partial charge in [-0.15, -0.1) is 11.3 Å². The zero-order valence-corrected chi connectivity index (χ0v) is 7.93. The van der Waals surface area contributed by atoms with E-state index in [0.717, 1.165) is 17.8 Å². The van der Waals surface area contributed by atoms with E-state index in [-0.39, 0.29) is 11.5 Å². The number of thiazole rings is 1.